The summed E-state index contributed by atoms with van der Waals surface area (Å²) >= 11 is 0. The van der Waals surface area contributed by atoms with Crippen molar-refractivity contribution in [1.82, 2.24) is 4.98 Å². The van der Waals surface area contributed by atoms with Gasteiger partial charge < -0.3 is 0 Å². The maximum absolute atomic E-state index is 4.55. The summed E-state index contributed by atoms with van der Waals surface area (Å²) in [4.78, 5) is 8.87. The second kappa shape index (κ2) is 5.59. The molecule has 0 amide bonds. The van der Waals surface area contributed by atoms with Gasteiger partial charge in [-0.1, -0.05) is 33.4 Å². The van der Waals surface area contributed by atoms with Crippen molar-refractivity contribution in [3.63, 3.8) is 0 Å². The van der Waals surface area contributed by atoms with E-state index in [9.17, 15) is 0 Å². The topological polar surface area (TPSA) is 25.2 Å². The van der Waals surface area contributed by atoms with E-state index in [-0.39, 0.29) is 0 Å². The largest absolute Gasteiger partial charge is 0.256 e. The van der Waals surface area contributed by atoms with Gasteiger partial charge in [-0.05, 0) is 30.9 Å². The van der Waals surface area contributed by atoms with Crippen molar-refractivity contribution < 1.29 is 0 Å². The zero-order valence-corrected chi connectivity index (χ0v) is 10.6. The predicted molar refractivity (Wildman–Crippen MR) is 70.6 cm³/mol. The van der Waals surface area contributed by atoms with Crippen molar-refractivity contribution >= 4 is 11.4 Å². The van der Waals surface area contributed by atoms with Crippen LogP contribution in [0.1, 0.15) is 38.4 Å². The fraction of sp³-hybridized carbons (Fsp3) is 0.429. The van der Waals surface area contributed by atoms with Crippen LogP contribution in [0, 0.1) is 12.8 Å². The highest BCUT2D eigenvalue weighted by Gasteiger charge is 2.04. The molecule has 0 unspecified atom stereocenters. The van der Waals surface area contributed by atoms with Gasteiger partial charge >= 0.3 is 0 Å². The SMILES string of the molecule is C=C(N=C(CC)C(C)C)c1ccc(C)cn1. The summed E-state index contributed by atoms with van der Waals surface area (Å²) in [6, 6.07) is 4.00. The van der Waals surface area contributed by atoms with E-state index in [0.717, 1.165) is 23.4 Å². The maximum Gasteiger partial charge on any atom is 0.0880 e. The molecule has 0 aromatic carbocycles. The van der Waals surface area contributed by atoms with Crippen LogP contribution in [0.3, 0.4) is 0 Å². The van der Waals surface area contributed by atoms with E-state index in [1.54, 1.807) is 0 Å². The maximum atomic E-state index is 4.55. The van der Waals surface area contributed by atoms with E-state index in [1.807, 2.05) is 25.3 Å². The molecule has 0 aliphatic carbocycles. The molecular weight excluding hydrogens is 196 g/mol. The lowest BCUT2D eigenvalue weighted by Gasteiger charge is -2.08. The zero-order valence-electron chi connectivity index (χ0n) is 10.6. The highest BCUT2D eigenvalue weighted by molar-refractivity contribution is 5.90. The summed E-state index contributed by atoms with van der Waals surface area (Å²) in [7, 11) is 0. The van der Waals surface area contributed by atoms with Crippen molar-refractivity contribution in [3.05, 3.63) is 36.2 Å². The Hall–Kier alpha value is -1.44. The van der Waals surface area contributed by atoms with Gasteiger partial charge in [0.15, 0.2) is 0 Å². The highest BCUT2D eigenvalue weighted by atomic mass is 14.8. The number of aliphatic imine (C=N–C) groups is 1. The van der Waals surface area contributed by atoms with E-state index in [0.29, 0.717) is 5.92 Å². The van der Waals surface area contributed by atoms with Gasteiger partial charge in [-0.15, -0.1) is 0 Å². The lowest BCUT2D eigenvalue weighted by Crippen LogP contribution is -2.06. The average Bonchev–Trinajstić information content (AvgIpc) is 2.26. The number of hydrogen-bond acceptors (Lipinski definition) is 2. The van der Waals surface area contributed by atoms with Gasteiger partial charge in [-0.2, -0.15) is 0 Å². The van der Waals surface area contributed by atoms with Crippen LogP contribution in [0.4, 0.5) is 0 Å². The van der Waals surface area contributed by atoms with Gasteiger partial charge in [-0.25, -0.2) is 0 Å². The first-order chi connectivity index (χ1) is 7.54. The van der Waals surface area contributed by atoms with Crippen molar-refractivity contribution in [1.29, 1.82) is 0 Å². The third kappa shape index (κ3) is 3.30. The van der Waals surface area contributed by atoms with Gasteiger partial charge in [0, 0.05) is 11.9 Å². The normalized spacial score (nSPS) is 11.9. The second-order valence-corrected chi connectivity index (χ2v) is 4.28. The van der Waals surface area contributed by atoms with Crippen LogP contribution in [-0.2, 0) is 0 Å². The van der Waals surface area contributed by atoms with E-state index in [1.165, 1.54) is 5.71 Å². The minimum Gasteiger partial charge on any atom is -0.256 e. The lowest BCUT2D eigenvalue weighted by atomic mass is 10.1. The summed E-state index contributed by atoms with van der Waals surface area (Å²) in [5.74, 6) is 0.465. The molecular formula is C14H20N2. The number of nitrogens with zero attached hydrogens (tertiary/aromatic N) is 2. The van der Waals surface area contributed by atoms with Crippen LogP contribution >= 0.6 is 0 Å². The molecule has 1 aromatic rings. The van der Waals surface area contributed by atoms with Crippen molar-refractivity contribution in [2.24, 2.45) is 10.9 Å². The second-order valence-electron chi connectivity index (χ2n) is 4.28. The first kappa shape index (κ1) is 12.6. The molecule has 16 heavy (non-hydrogen) atoms. The molecule has 0 atom stereocenters. The summed E-state index contributed by atoms with van der Waals surface area (Å²) in [6.07, 6.45) is 2.81. The Labute approximate surface area is 98.1 Å². The average molecular weight is 216 g/mol. The molecule has 0 spiro atoms. The smallest absolute Gasteiger partial charge is 0.0880 e. The van der Waals surface area contributed by atoms with Crippen LogP contribution in [0.5, 0.6) is 0 Å². The summed E-state index contributed by atoms with van der Waals surface area (Å²) in [5, 5.41) is 0. The van der Waals surface area contributed by atoms with E-state index < -0.39 is 0 Å². The third-order valence-electron chi connectivity index (χ3n) is 2.51. The molecule has 0 aliphatic rings. The Morgan fingerprint density at radius 2 is 2.12 bits per heavy atom. The Morgan fingerprint density at radius 1 is 1.44 bits per heavy atom. The Morgan fingerprint density at radius 3 is 2.56 bits per heavy atom. The van der Waals surface area contributed by atoms with Gasteiger partial charge in [0.1, 0.15) is 0 Å². The van der Waals surface area contributed by atoms with Crippen molar-refractivity contribution in [2.75, 3.05) is 0 Å². The Bertz CT molecular complexity index is 386. The van der Waals surface area contributed by atoms with E-state index in [4.69, 9.17) is 0 Å². The van der Waals surface area contributed by atoms with Crippen LogP contribution in [-0.4, -0.2) is 10.7 Å². The minimum absolute atomic E-state index is 0.465. The number of pyridine rings is 1. The summed E-state index contributed by atoms with van der Waals surface area (Å²) in [5.41, 5.74) is 3.94. The molecule has 0 aliphatic heterocycles. The Kier molecular flexibility index (Phi) is 4.41. The minimum atomic E-state index is 0.465. The number of aryl methyl sites for hydroxylation is 1. The molecule has 0 radical (unpaired) electrons. The molecule has 0 fully saturated rings. The third-order valence-corrected chi connectivity index (χ3v) is 2.51. The highest BCUT2D eigenvalue weighted by Crippen LogP contribution is 2.14. The molecule has 1 aromatic heterocycles. The Balaban J connectivity index is 2.90. The van der Waals surface area contributed by atoms with Crippen LogP contribution in [0.15, 0.2) is 29.9 Å². The van der Waals surface area contributed by atoms with Gasteiger partial charge in [0.05, 0.1) is 11.4 Å². The fourth-order valence-electron chi connectivity index (χ4n) is 1.49. The van der Waals surface area contributed by atoms with E-state index >= 15 is 0 Å². The number of hydrogen-bond donors (Lipinski definition) is 0. The molecule has 1 heterocycles. The van der Waals surface area contributed by atoms with Gasteiger partial charge in [-0.3, -0.25) is 9.98 Å². The first-order valence-electron chi connectivity index (χ1n) is 5.74. The molecule has 1 rings (SSSR count). The number of rotatable bonds is 4. The molecule has 86 valence electrons. The quantitative estimate of drug-likeness (QED) is 0.701. The lowest BCUT2D eigenvalue weighted by molar-refractivity contribution is 0.858. The first-order valence-corrected chi connectivity index (χ1v) is 5.74. The van der Waals surface area contributed by atoms with Crippen LogP contribution in [0.25, 0.3) is 5.70 Å². The predicted octanol–water partition coefficient (Wildman–Crippen LogP) is 3.87. The van der Waals surface area contributed by atoms with Crippen LogP contribution < -0.4 is 0 Å². The standard InChI is InChI=1S/C14H20N2/c1-6-13(10(2)3)16-12(5)14-8-7-11(4)9-15-14/h7-10H,5-6H2,1-4H3. The molecule has 0 bridgehead atoms. The molecule has 2 heteroatoms. The van der Waals surface area contributed by atoms with Crippen molar-refractivity contribution in [2.45, 2.75) is 34.1 Å². The molecule has 2 nitrogen and oxygen atoms in total. The molecule has 0 N–H and O–H groups in total. The van der Waals surface area contributed by atoms with Crippen molar-refractivity contribution in [3.8, 4) is 0 Å². The molecule has 0 saturated carbocycles. The molecule has 0 saturated heterocycles. The van der Waals surface area contributed by atoms with Gasteiger partial charge in [0.25, 0.3) is 0 Å². The monoisotopic (exact) mass is 216 g/mol. The summed E-state index contributed by atoms with van der Waals surface area (Å²) < 4.78 is 0. The fourth-order valence-corrected chi connectivity index (χ4v) is 1.49. The van der Waals surface area contributed by atoms with Crippen LogP contribution in [0.2, 0.25) is 0 Å². The van der Waals surface area contributed by atoms with Gasteiger partial charge in [0.2, 0.25) is 0 Å². The zero-order chi connectivity index (χ0) is 12.1. The van der Waals surface area contributed by atoms with E-state index in [2.05, 4.69) is 37.3 Å². The number of aromatic nitrogens is 1. The summed E-state index contributed by atoms with van der Waals surface area (Å²) in [6.45, 7) is 12.4.